The van der Waals surface area contributed by atoms with E-state index in [0.717, 1.165) is 57.5 Å². The van der Waals surface area contributed by atoms with Crippen LogP contribution in [0.4, 0.5) is 17.5 Å². The summed E-state index contributed by atoms with van der Waals surface area (Å²) in [6.45, 7) is 3.93. The van der Waals surface area contributed by atoms with Gasteiger partial charge in [0.15, 0.2) is 11.5 Å². The molecule has 5 aromatic rings. The molecule has 0 bridgehead atoms. The van der Waals surface area contributed by atoms with Crippen molar-refractivity contribution < 1.29 is 4.74 Å². The summed E-state index contributed by atoms with van der Waals surface area (Å²) in [5.74, 6) is 1.90. The Morgan fingerprint density at radius 1 is 1.06 bits per heavy atom. The van der Waals surface area contributed by atoms with Gasteiger partial charge < -0.3 is 20.4 Å². The molecule has 1 fully saturated rings. The van der Waals surface area contributed by atoms with Crippen molar-refractivity contribution in [1.82, 2.24) is 24.9 Å². The summed E-state index contributed by atoms with van der Waals surface area (Å²) in [6, 6.07) is 16.7. The number of aromatic amines is 1. The molecule has 6 rings (SSSR count). The van der Waals surface area contributed by atoms with Crippen molar-refractivity contribution in [3.63, 3.8) is 0 Å². The summed E-state index contributed by atoms with van der Waals surface area (Å²) in [7, 11) is 1.62. The first-order valence-corrected chi connectivity index (χ1v) is 11.1. The van der Waals surface area contributed by atoms with E-state index in [1.165, 1.54) is 0 Å². The molecule has 168 valence electrons. The fraction of sp³-hybridized carbons (Fsp3) is 0.154. The molecule has 0 amide bonds. The van der Waals surface area contributed by atoms with Gasteiger partial charge >= 0.3 is 0 Å². The molecule has 3 aromatic heterocycles. The molecule has 1 aliphatic carbocycles. The van der Waals surface area contributed by atoms with E-state index in [9.17, 15) is 0 Å². The molecular weight excluding hydrogens is 426 g/mol. The van der Waals surface area contributed by atoms with Crippen LogP contribution < -0.4 is 10.6 Å². The molecular formula is C26H23N7O. The quantitative estimate of drug-likeness (QED) is 0.282. The van der Waals surface area contributed by atoms with Crippen molar-refractivity contribution in [3.05, 3.63) is 73.2 Å². The van der Waals surface area contributed by atoms with Gasteiger partial charge in [0.25, 0.3) is 0 Å². The molecule has 34 heavy (non-hydrogen) atoms. The SMILES string of the molecule is C=C(OC)c1ccc(-c2ccnc3ccc(Nc4nc(NC5CC5)c5nc[nH]c5n4)cc23)cc1. The number of methoxy groups -OCH3 is 1. The molecule has 8 heteroatoms. The second-order valence-corrected chi connectivity index (χ2v) is 8.33. The Balaban J connectivity index is 1.36. The maximum Gasteiger partial charge on any atom is 0.231 e. The van der Waals surface area contributed by atoms with Gasteiger partial charge in [-0.1, -0.05) is 30.8 Å². The number of hydrogen-bond acceptors (Lipinski definition) is 7. The minimum Gasteiger partial charge on any atom is -0.497 e. The van der Waals surface area contributed by atoms with E-state index >= 15 is 0 Å². The van der Waals surface area contributed by atoms with Crippen LogP contribution in [0.25, 0.3) is 39.0 Å². The summed E-state index contributed by atoms with van der Waals surface area (Å²) in [5, 5.41) is 7.84. The number of rotatable bonds is 7. The largest absolute Gasteiger partial charge is 0.497 e. The van der Waals surface area contributed by atoms with Gasteiger partial charge in [0.05, 0.1) is 19.0 Å². The highest BCUT2D eigenvalue weighted by Crippen LogP contribution is 2.32. The monoisotopic (exact) mass is 449 g/mol. The zero-order chi connectivity index (χ0) is 23.1. The van der Waals surface area contributed by atoms with Gasteiger partial charge in [-0.25, -0.2) is 4.98 Å². The number of aromatic nitrogens is 5. The van der Waals surface area contributed by atoms with E-state index in [1.54, 1.807) is 13.4 Å². The van der Waals surface area contributed by atoms with E-state index in [0.29, 0.717) is 23.4 Å². The van der Waals surface area contributed by atoms with E-state index in [4.69, 9.17) is 9.72 Å². The molecule has 8 nitrogen and oxygen atoms in total. The van der Waals surface area contributed by atoms with E-state index < -0.39 is 0 Å². The van der Waals surface area contributed by atoms with Crippen molar-refractivity contribution in [2.45, 2.75) is 18.9 Å². The first kappa shape index (κ1) is 20.2. The summed E-state index contributed by atoms with van der Waals surface area (Å²) >= 11 is 0. The molecule has 0 spiro atoms. The standard InChI is InChI=1S/C26H23N7O/c1-15(34-2)16-3-5-17(6-4-16)20-11-12-27-22-10-9-19(13-21(20)22)31-26-32-24-23(28-14-29-24)25(33-26)30-18-7-8-18/h3-6,9-14,18H,1,7-8H2,2H3,(H3,28,29,30,31,32,33). The van der Waals surface area contributed by atoms with Crippen LogP contribution in [0.3, 0.4) is 0 Å². The van der Waals surface area contributed by atoms with Crippen molar-refractivity contribution in [2.24, 2.45) is 0 Å². The second-order valence-electron chi connectivity index (χ2n) is 8.33. The maximum absolute atomic E-state index is 5.24. The lowest BCUT2D eigenvalue weighted by Gasteiger charge is -2.12. The zero-order valence-electron chi connectivity index (χ0n) is 18.7. The lowest BCUT2D eigenvalue weighted by Crippen LogP contribution is -2.07. The maximum atomic E-state index is 5.24. The number of hydrogen-bond donors (Lipinski definition) is 3. The first-order valence-electron chi connectivity index (χ1n) is 11.1. The number of nitrogens with one attached hydrogen (secondary N) is 3. The minimum absolute atomic E-state index is 0.462. The smallest absolute Gasteiger partial charge is 0.231 e. The summed E-state index contributed by atoms with van der Waals surface area (Å²) in [5.41, 5.74) is 6.36. The Labute approximate surface area is 196 Å². The lowest BCUT2D eigenvalue weighted by molar-refractivity contribution is 0.371. The van der Waals surface area contributed by atoms with Crippen LogP contribution in [-0.4, -0.2) is 38.1 Å². The number of H-pyrrole nitrogens is 1. The molecule has 1 saturated carbocycles. The number of fused-ring (bicyclic) bond motifs is 2. The third-order valence-corrected chi connectivity index (χ3v) is 5.96. The first-order chi connectivity index (χ1) is 16.7. The fourth-order valence-corrected chi connectivity index (χ4v) is 3.97. The number of benzene rings is 2. The fourth-order valence-electron chi connectivity index (χ4n) is 3.97. The van der Waals surface area contributed by atoms with Gasteiger partial charge in [0.2, 0.25) is 5.95 Å². The average Bonchev–Trinajstić information content (AvgIpc) is 3.56. The molecule has 1 aliphatic rings. The van der Waals surface area contributed by atoms with Crippen molar-refractivity contribution in [2.75, 3.05) is 17.7 Å². The van der Waals surface area contributed by atoms with Crippen molar-refractivity contribution >= 4 is 45.3 Å². The van der Waals surface area contributed by atoms with Crippen molar-refractivity contribution in [3.8, 4) is 11.1 Å². The highest BCUT2D eigenvalue weighted by atomic mass is 16.5. The average molecular weight is 450 g/mol. The van der Waals surface area contributed by atoms with Gasteiger partial charge in [0.1, 0.15) is 11.3 Å². The zero-order valence-corrected chi connectivity index (χ0v) is 18.7. The predicted molar refractivity (Wildman–Crippen MR) is 135 cm³/mol. The van der Waals surface area contributed by atoms with Gasteiger partial charge in [-0.2, -0.15) is 9.97 Å². The van der Waals surface area contributed by atoms with Gasteiger partial charge in [-0.05, 0) is 48.2 Å². The van der Waals surface area contributed by atoms with Crippen LogP contribution >= 0.6 is 0 Å². The Hall–Kier alpha value is -4.46. The third kappa shape index (κ3) is 3.79. The number of imidazole rings is 1. The Morgan fingerprint density at radius 3 is 2.71 bits per heavy atom. The van der Waals surface area contributed by atoms with Crippen LogP contribution in [0.2, 0.25) is 0 Å². The van der Waals surface area contributed by atoms with Gasteiger partial charge in [-0.3, -0.25) is 4.98 Å². The molecule has 0 unspecified atom stereocenters. The summed E-state index contributed by atoms with van der Waals surface area (Å²) in [6.07, 6.45) is 5.78. The molecule has 0 aliphatic heterocycles. The topological polar surface area (TPSA) is 101 Å². The van der Waals surface area contributed by atoms with Gasteiger partial charge in [0, 0.05) is 28.9 Å². The minimum atomic E-state index is 0.462. The highest BCUT2D eigenvalue weighted by molar-refractivity contribution is 5.96. The molecule has 0 atom stereocenters. The number of ether oxygens (including phenoxy) is 1. The van der Waals surface area contributed by atoms with Crippen LogP contribution in [0.1, 0.15) is 18.4 Å². The highest BCUT2D eigenvalue weighted by Gasteiger charge is 2.23. The molecule has 0 saturated heterocycles. The normalized spacial score (nSPS) is 13.2. The number of anilines is 3. The van der Waals surface area contributed by atoms with Crippen LogP contribution in [0, 0.1) is 0 Å². The van der Waals surface area contributed by atoms with Crippen LogP contribution in [0.5, 0.6) is 0 Å². The van der Waals surface area contributed by atoms with E-state index in [-0.39, 0.29) is 0 Å². The Bertz CT molecular complexity index is 1520. The number of nitrogens with zero attached hydrogens (tertiary/aromatic N) is 4. The van der Waals surface area contributed by atoms with E-state index in [1.807, 2.05) is 36.5 Å². The molecule has 0 radical (unpaired) electrons. The van der Waals surface area contributed by atoms with Crippen LogP contribution in [-0.2, 0) is 4.74 Å². The summed E-state index contributed by atoms with van der Waals surface area (Å²) < 4.78 is 5.24. The third-order valence-electron chi connectivity index (χ3n) is 5.96. The Kier molecular flexibility index (Phi) is 4.83. The van der Waals surface area contributed by atoms with Crippen LogP contribution in [0.15, 0.2) is 67.6 Å². The van der Waals surface area contributed by atoms with Crippen molar-refractivity contribution in [1.29, 1.82) is 0 Å². The molecule has 3 heterocycles. The second kappa shape index (κ2) is 8.15. The Morgan fingerprint density at radius 2 is 1.91 bits per heavy atom. The van der Waals surface area contributed by atoms with Gasteiger partial charge in [-0.15, -0.1) is 0 Å². The molecule has 2 aromatic carbocycles. The number of pyridine rings is 1. The molecule has 3 N–H and O–H groups in total. The lowest BCUT2D eigenvalue weighted by atomic mass is 9.99. The van der Waals surface area contributed by atoms with E-state index in [2.05, 4.69) is 55.3 Å². The predicted octanol–water partition coefficient (Wildman–Crippen LogP) is 5.50. The summed E-state index contributed by atoms with van der Waals surface area (Å²) in [4.78, 5) is 21.3.